The molecule has 0 radical (unpaired) electrons. The van der Waals surface area contributed by atoms with Gasteiger partial charge in [-0.25, -0.2) is 4.98 Å². The normalized spacial score (nSPS) is 19.8. The highest BCUT2D eigenvalue weighted by molar-refractivity contribution is 6.51. The molecule has 0 aliphatic carbocycles. The molecule has 1 saturated heterocycles. The number of nitrogens with zero attached hydrogens (tertiary/aromatic N) is 2. The van der Waals surface area contributed by atoms with Crippen molar-refractivity contribution in [2.75, 3.05) is 18.6 Å². The van der Waals surface area contributed by atoms with Crippen LogP contribution in [-0.2, 0) is 16.0 Å². The van der Waals surface area contributed by atoms with Crippen molar-refractivity contribution in [3.63, 3.8) is 0 Å². The van der Waals surface area contributed by atoms with Crippen LogP contribution >= 0.6 is 0 Å². The van der Waals surface area contributed by atoms with Gasteiger partial charge in [0.2, 0.25) is 5.95 Å². The van der Waals surface area contributed by atoms with Crippen molar-refractivity contribution in [3.8, 4) is 17.2 Å². The summed E-state index contributed by atoms with van der Waals surface area (Å²) in [5, 5.41) is 11.6. The molecule has 4 aromatic rings. The zero-order chi connectivity index (χ0) is 27.3. The number of ketones is 1. The molecule has 39 heavy (non-hydrogen) atoms. The molecule has 198 valence electrons. The minimum atomic E-state index is -0.973. The number of aromatic amines is 1. The van der Waals surface area contributed by atoms with Crippen LogP contribution in [0.15, 0.2) is 66.2 Å². The van der Waals surface area contributed by atoms with Gasteiger partial charge in [0, 0.05) is 12.0 Å². The summed E-state index contributed by atoms with van der Waals surface area (Å²) in [6.07, 6.45) is 0.705. The number of aliphatic hydroxyl groups is 1. The summed E-state index contributed by atoms with van der Waals surface area (Å²) in [5.74, 6) is 0.0324. The van der Waals surface area contributed by atoms with E-state index >= 15 is 0 Å². The van der Waals surface area contributed by atoms with Crippen molar-refractivity contribution in [2.45, 2.75) is 32.4 Å². The Labute approximate surface area is 224 Å². The lowest BCUT2D eigenvalue weighted by molar-refractivity contribution is -0.132. The summed E-state index contributed by atoms with van der Waals surface area (Å²) < 4.78 is 17.0. The summed E-state index contributed by atoms with van der Waals surface area (Å²) in [5.41, 5.74) is 3.23. The molecular formula is C30H27N3O6. The van der Waals surface area contributed by atoms with E-state index in [1.54, 1.807) is 36.4 Å². The van der Waals surface area contributed by atoms with Gasteiger partial charge in [-0.1, -0.05) is 18.2 Å². The van der Waals surface area contributed by atoms with E-state index in [0.717, 1.165) is 11.3 Å². The molecule has 3 heterocycles. The number of methoxy groups -OCH3 is 1. The van der Waals surface area contributed by atoms with Gasteiger partial charge in [-0.3, -0.25) is 14.5 Å². The van der Waals surface area contributed by atoms with Crippen LogP contribution in [0, 0.1) is 0 Å². The van der Waals surface area contributed by atoms with Crippen molar-refractivity contribution in [1.82, 2.24) is 9.97 Å². The van der Waals surface area contributed by atoms with Gasteiger partial charge in [0.1, 0.15) is 17.6 Å². The molecule has 2 unspecified atom stereocenters. The van der Waals surface area contributed by atoms with Crippen LogP contribution in [0.4, 0.5) is 5.95 Å². The van der Waals surface area contributed by atoms with Gasteiger partial charge in [-0.15, -0.1) is 0 Å². The molecule has 1 amide bonds. The number of carbonyl (C=O) groups excluding carboxylic acids is 2. The Morgan fingerprint density at radius 3 is 2.72 bits per heavy atom. The fraction of sp³-hybridized carbons (Fsp3) is 0.233. The predicted octanol–water partition coefficient (Wildman–Crippen LogP) is 4.92. The zero-order valence-corrected chi connectivity index (χ0v) is 21.7. The number of rotatable bonds is 6. The van der Waals surface area contributed by atoms with E-state index in [4.69, 9.17) is 14.2 Å². The molecule has 0 bridgehead atoms. The highest BCUT2D eigenvalue weighted by Gasteiger charge is 2.48. The Bertz CT molecular complexity index is 1620. The summed E-state index contributed by atoms with van der Waals surface area (Å²) in [7, 11) is 1.54. The second-order valence-electron chi connectivity index (χ2n) is 9.55. The Balaban J connectivity index is 1.55. The molecule has 2 atom stereocenters. The lowest BCUT2D eigenvalue weighted by atomic mass is 9.94. The van der Waals surface area contributed by atoms with E-state index in [2.05, 4.69) is 9.97 Å². The number of H-pyrrole nitrogens is 1. The van der Waals surface area contributed by atoms with Gasteiger partial charge in [-0.05, 0) is 67.4 Å². The first-order valence-electron chi connectivity index (χ1n) is 12.8. The van der Waals surface area contributed by atoms with E-state index in [9.17, 15) is 14.7 Å². The van der Waals surface area contributed by atoms with Crippen LogP contribution in [0.1, 0.15) is 36.6 Å². The standard InChI is InChI=1S/C30H27N3O6/c1-4-38-24-15-17(9-12-23(24)37-3)26-25(27(34)18-10-11-22-19(14-18)13-16(2)39-22)28(35)29(36)33(26)30-31-20-7-5-6-8-21(20)32-30/h5-12,14-16,26,34H,4,13H2,1-3H3,(H,31,32)/b27-25+. The summed E-state index contributed by atoms with van der Waals surface area (Å²) in [6, 6.07) is 16.8. The smallest absolute Gasteiger partial charge is 0.302 e. The predicted molar refractivity (Wildman–Crippen MR) is 145 cm³/mol. The number of ether oxygens (including phenoxy) is 3. The minimum Gasteiger partial charge on any atom is -0.507 e. The Morgan fingerprint density at radius 1 is 1.13 bits per heavy atom. The molecule has 2 aliphatic rings. The maximum Gasteiger partial charge on any atom is 0.302 e. The second-order valence-corrected chi connectivity index (χ2v) is 9.55. The summed E-state index contributed by atoms with van der Waals surface area (Å²) in [4.78, 5) is 36.2. The number of hydrogen-bond acceptors (Lipinski definition) is 7. The molecule has 6 rings (SSSR count). The first kappa shape index (κ1) is 24.5. The van der Waals surface area contributed by atoms with Gasteiger partial charge in [0.25, 0.3) is 5.78 Å². The lowest BCUT2D eigenvalue weighted by Gasteiger charge is -2.24. The van der Waals surface area contributed by atoms with Gasteiger partial charge < -0.3 is 24.3 Å². The molecule has 2 aliphatic heterocycles. The SMILES string of the molecule is CCOc1cc(C2/C(=C(\O)c3ccc4c(c3)CC(C)O4)C(=O)C(=O)N2c2nc3ccccc3[nH]2)ccc1OC. The van der Waals surface area contributed by atoms with E-state index < -0.39 is 17.7 Å². The number of para-hydroxylation sites is 2. The Kier molecular flexibility index (Phi) is 5.98. The van der Waals surface area contributed by atoms with Crippen LogP contribution in [0.3, 0.4) is 0 Å². The number of anilines is 1. The third-order valence-electron chi connectivity index (χ3n) is 7.02. The second kappa shape index (κ2) is 9.50. The Morgan fingerprint density at radius 2 is 1.95 bits per heavy atom. The molecule has 9 nitrogen and oxygen atoms in total. The molecule has 0 saturated carbocycles. The number of hydrogen-bond donors (Lipinski definition) is 2. The maximum absolute atomic E-state index is 13.6. The molecule has 9 heteroatoms. The van der Waals surface area contributed by atoms with E-state index in [-0.39, 0.29) is 23.4 Å². The topological polar surface area (TPSA) is 114 Å². The summed E-state index contributed by atoms with van der Waals surface area (Å²) in [6.45, 7) is 4.21. The summed E-state index contributed by atoms with van der Waals surface area (Å²) >= 11 is 0. The molecule has 2 N–H and O–H groups in total. The van der Waals surface area contributed by atoms with Crippen LogP contribution < -0.4 is 19.1 Å². The van der Waals surface area contributed by atoms with Crippen molar-refractivity contribution < 1.29 is 28.9 Å². The number of fused-ring (bicyclic) bond motifs is 2. The van der Waals surface area contributed by atoms with E-state index in [1.165, 1.54) is 12.0 Å². The maximum atomic E-state index is 13.6. The van der Waals surface area contributed by atoms with Gasteiger partial charge in [0.15, 0.2) is 11.5 Å². The third kappa shape index (κ3) is 4.06. The molecule has 1 aromatic heterocycles. The largest absolute Gasteiger partial charge is 0.507 e. The number of nitrogens with one attached hydrogen (secondary N) is 1. The zero-order valence-electron chi connectivity index (χ0n) is 21.7. The number of imidazole rings is 1. The van der Waals surface area contributed by atoms with Crippen LogP contribution in [0.25, 0.3) is 16.8 Å². The molecule has 1 fully saturated rings. The number of Topliss-reactive ketones (excluding diaryl/α,β-unsaturated/α-hetero) is 1. The van der Waals surface area contributed by atoms with Crippen molar-refractivity contribution in [2.24, 2.45) is 0 Å². The van der Waals surface area contributed by atoms with Gasteiger partial charge in [-0.2, -0.15) is 0 Å². The Hall–Kier alpha value is -4.79. The molecular weight excluding hydrogens is 498 g/mol. The first-order valence-corrected chi connectivity index (χ1v) is 12.8. The van der Waals surface area contributed by atoms with Crippen molar-refractivity contribution in [3.05, 3.63) is 82.9 Å². The number of aliphatic hydroxyl groups excluding tert-OH is 1. The number of benzene rings is 3. The number of carbonyl (C=O) groups is 2. The van der Waals surface area contributed by atoms with Crippen molar-refractivity contribution >= 4 is 34.4 Å². The number of amides is 1. The fourth-order valence-electron chi connectivity index (χ4n) is 5.28. The van der Waals surface area contributed by atoms with E-state index in [1.807, 2.05) is 38.1 Å². The first-order chi connectivity index (χ1) is 18.9. The van der Waals surface area contributed by atoms with Crippen LogP contribution in [0.2, 0.25) is 0 Å². The van der Waals surface area contributed by atoms with Crippen LogP contribution in [-0.4, -0.2) is 46.6 Å². The van der Waals surface area contributed by atoms with Gasteiger partial charge >= 0.3 is 5.91 Å². The lowest BCUT2D eigenvalue weighted by Crippen LogP contribution is -2.30. The van der Waals surface area contributed by atoms with Gasteiger partial charge in [0.05, 0.1) is 36.4 Å². The monoisotopic (exact) mass is 525 g/mol. The van der Waals surface area contributed by atoms with Crippen LogP contribution in [0.5, 0.6) is 17.2 Å². The quantitative estimate of drug-likeness (QED) is 0.209. The molecule has 0 spiro atoms. The minimum absolute atomic E-state index is 0.0207. The highest BCUT2D eigenvalue weighted by atomic mass is 16.5. The van der Waals surface area contributed by atoms with E-state index in [0.29, 0.717) is 46.7 Å². The van der Waals surface area contributed by atoms with Crippen molar-refractivity contribution in [1.29, 1.82) is 0 Å². The average molecular weight is 526 g/mol. The third-order valence-corrected chi connectivity index (χ3v) is 7.02. The highest BCUT2D eigenvalue weighted by Crippen LogP contribution is 2.44. The number of aromatic nitrogens is 2. The average Bonchev–Trinajstić information content (AvgIpc) is 3.60. The molecule has 3 aromatic carbocycles. The fourth-order valence-corrected chi connectivity index (χ4v) is 5.28.